The molecular formula is C11H19O2. The molecule has 2 heteroatoms. The van der Waals surface area contributed by atoms with Gasteiger partial charge in [-0.15, -0.1) is 0 Å². The molecule has 0 heterocycles. The van der Waals surface area contributed by atoms with E-state index in [1.54, 1.807) is 6.92 Å². The Labute approximate surface area is 80.7 Å². The number of carbonyl (C=O) groups is 1. The van der Waals surface area contributed by atoms with E-state index in [1.807, 2.05) is 0 Å². The van der Waals surface area contributed by atoms with E-state index >= 15 is 0 Å². The van der Waals surface area contributed by atoms with Gasteiger partial charge < -0.3 is 4.74 Å². The molecule has 1 rings (SSSR count). The van der Waals surface area contributed by atoms with E-state index in [-0.39, 0.29) is 12.1 Å². The van der Waals surface area contributed by atoms with Gasteiger partial charge in [0.15, 0.2) is 0 Å². The second-order valence-electron chi connectivity index (χ2n) is 3.69. The summed E-state index contributed by atoms with van der Waals surface area (Å²) >= 11 is 0. The fourth-order valence-electron chi connectivity index (χ4n) is 1.77. The van der Waals surface area contributed by atoms with Crippen LogP contribution in [-0.2, 0) is 9.53 Å². The third-order valence-electron chi connectivity index (χ3n) is 2.57. The van der Waals surface area contributed by atoms with Gasteiger partial charge in [-0.2, -0.15) is 0 Å². The van der Waals surface area contributed by atoms with Gasteiger partial charge in [-0.25, -0.2) is 0 Å². The van der Waals surface area contributed by atoms with Crippen molar-refractivity contribution in [2.75, 3.05) is 0 Å². The van der Waals surface area contributed by atoms with E-state index in [4.69, 9.17) is 4.74 Å². The number of ether oxygens (including phenoxy) is 1. The summed E-state index contributed by atoms with van der Waals surface area (Å²) in [6.45, 7) is 1.73. The van der Waals surface area contributed by atoms with Gasteiger partial charge in [-0.3, -0.25) is 4.79 Å². The number of esters is 1. The van der Waals surface area contributed by atoms with Crippen molar-refractivity contribution in [3.8, 4) is 0 Å². The third kappa shape index (κ3) is 4.30. The molecule has 0 aromatic heterocycles. The lowest BCUT2D eigenvalue weighted by atomic mass is 9.98. The molecular weight excluding hydrogens is 164 g/mol. The number of rotatable bonds is 2. The van der Waals surface area contributed by atoms with Gasteiger partial charge >= 0.3 is 5.97 Å². The second-order valence-corrected chi connectivity index (χ2v) is 3.69. The maximum atomic E-state index is 11.0. The highest BCUT2D eigenvalue weighted by Gasteiger charge is 2.14. The molecule has 0 aromatic rings. The van der Waals surface area contributed by atoms with E-state index in [0.717, 1.165) is 12.8 Å². The average Bonchev–Trinajstić information content (AvgIpc) is 2.09. The van der Waals surface area contributed by atoms with Crippen LogP contribution < -0.4 is 0 Å². The van der Waals surface area contributed by atoms with Crippen molar-refractivity contribution < 1.29 is 9.53 Å². The molecule has 0 N–H and O–H groups in total. The van der Waals surface area contributed by atoms with Crippen molar-refractivity contribution in [1.82, 2.24) is 0 Å². The van der Waals surface area contributed by atoms with Gasteiger partial charge in [0, 0.05) is 0 Å². The molecule has 13 heavy (non-hydrogen) atoms. The summed E-state index contributed by atoms with van der Waals surface area (Å²) in [5, 5.41) is 0. The van der Waals surface area contributed by atoms with Crippen molar-refractivity contribution in [3.05, 3.63) is 6.42 Å². The lowest BCUT2D eigenvalue weighted by Gasteiger charge is -2.19. The SMILES string of the molecule is C[CH]C(=O)OC1CCCCCCC1. The molecule has 1 fully saturated rings. The van der Waals surface area contributed by atoms with Gasteiger partial charge in [0.25, 0.3) is 0 Å². The maximum Gasteiger partial charge on any atom is 0.309 e. The first-order valence-electron chi connectivity index (χ1n) is 5.33. The van der Waals surface area contributed by atoms with Crippen LogP contribution in [-0.4, -0.2) is 12.1 Å². The second kappa shape index (κ2) is 6.01. The van der Waals surface area contributed by atoms with Crippen LogP contribution in [0.3, 0.4) is 0 Å². The monoisotopic (exact) mass is 183 g/mol. The quantitative estimate of drug-likeness (QED) is 0.615. The summed E-state index contributed by atoms with van der Waals surface area (Å²) < 4.78 is 5.28. The standard InChI is InChI=1S/C11H19O2/c1-2-11(12)13-10-8-6-4-3-5-7-9-10/h2,10H,3-9H2,1H3. The Balaban J connectivity index is 2.25. The highest BCUT2D eigenvalue weighted by Crippen LogP contribution is 2.19. The van der Waals surface area contributed by atoms with Gasteiger partial charge in [-0.1, -0.05) is 26.2 Å². The fourth-order valence-corrected chi connectivity index (χ4v) is 1.77. The van der Waals surface area contributed by atoms with Crippen LogP contribution in [0.5, 0.6) is 0 Å². The molecule has 0 bridgehead atoms. The van der Waals surface area contributed by atoms with Crippen LogP contribution in [0.1, 0.15) is 51.9 Å². The average molecular weight is 183 g/mol. The van der Waals surface area contributed by atoms with E-state index in [0.29, 0.717) is 0 Å². The Hall–Kier alpha value is -0.530. The fraction of sp³-hybridized carbons (Fsp3) is 0.818. The largest absolute Gasteiger partial charge is 0.462 e. The van der Waals surface area contributed by atoms with Crippen molar-refractivity contribution in [1.29, 1.82) is 0 Å². The molecule has 0 aliphatic heterocycles. The minimum atomic E-state index is -0.162. The topological polar surface area (TPSA) is 26.3 Å². The summed E-state index contributed by atoms with van der Waals surface area (Å²) in [6, 6.07) is 0. The van der Waals surface area contributed by atoms with Crippen molar-refractivity contribution in [3.63, 3.8) is 0 Å². The van der Waals surface area contributed by atoms with Gasteiger partial charge in [-0.05, 0) is 25.7 Å². The summed E-state index contributed by atoms with van der Waals surface area (Å²) in [6.07, 6.45) is 10.2. The Bertz CT molecular complexity index is 146. The normalized spacial score (nSPS) is 20.4. The first-order valence-corrected chi connectivity index (χ1v) is 5.33. The molecule has 1 radical (unpaired) electrons. The molecule has 0 saturated heterocycles. The molecule has 0 spiro atoms. The Kier molecular flexibility index (Phi) is 4.87. The van der Waals surface area contributed by atoms with Crippen LogP contribution in [0, 0.1) is 6.42 Å². The molecule has 1 aliphatic rings. The zero-order valence-corrected chi connectivity index (χ0v) is 8.42. The van der Waals surface area contributed by atoms with Gasteiger partial charge in [0.05, 0.1) is 6.42 Å². The molecule has 2 nitrogen and oxygen atoms in total. The predicted octanol–water partition coefficient (Wildman–Crippen LogP) is 2.87. The zero-order valence-electron chi connectivity index (χ0n) is 8.42. The molecule has 1 saturated carbocycles. The van der Waals surface area contributed by atoms with Crippen LogP contribution in [0.15, 0.2) is 0 Å². The Morgan fingerprint density at radius 3 is 2.23 bits per heavy atom. The summed E-state index contributed by atoms with van der Waals surface area (Å²) in [5.74, 6) is -0.162. The molecule has 0 aromatic carbocycles. The smallest absolute Gasteiger partial charge is 0.309 e. The summed E-state index contributed by atoms with van der Waals surface area (Å²) in [7, 11) is 0. The van der Waals surface area contributed by atoms with Crippen LogP contribution in [0.2, 0.25) is 0 Å². The third-order valence-corrected chi connectivity index (χ3v) is 2.57. The molecule has 75 valence electrons. The van der Waals surface area contributed by atoms with Crippen molar-refractivity contribution >= 4 is 5.97 Å². The Morgan fingerprint density at radius 2 is 1.69 bits per heavy atom. The minimum absolute atomic E-state index is 0.162. The number of hydrogen-bond acceptors (Lipinski definition) is 2. The lowest BCUT2D eigenvalue weighted by molar-refractivity contribution is -0.145. The first kappa shape index (κ1) is 10.6. The van der Waals surface area contributed by atoms with E-state index in [9.17, 15) is 4.79 Å². The highest BCUT2D eigenvalue weighted by atomic mass is 16.5. The minimum Gasteiger partial charge on any atom is -0.462 e. The van der Waals surface area contributed by atoms with Gasteiger partial charge in [0.1, 0.15) is 6.10 Å². The van der Waals surface area contributed by atoms with Crippen LogP contribution in [0.25, 0.3) is 0 Å². The molecule has 1 aliphatic carbocycles. The van der Waals surface area contributed by atoms with E-state index in [2.05, 4.69) is 0 Å². The maximum absolute atomic E-state index is 11.0. The van der Waals surface area contributed by atoms with Crippen molar-refractivity contribution in [2.24, 2.45) is 0 Å². The van der Waals surface area contributed by atoms with Crippen LogP contribution in [0.4, 0.5) is 0 Å². The van der Waals surface area contributed by atoms with E-state index in [1.165, 1.54) is 38.5 Å². The van der Waals surface area contributed by atoms with E-state index < -0.39 is 0 Å². The predicted molar refractivity (Wildman–Crippen MR) is 52.2 cm³/mol. The molecule has 0 amide bonds. The first-order chi connectivity index (χ1) is 6.33. The number of hydrogen-bond donors (Lipinski definition) is 0. The zero-order chi connectivity index (χ0) is 9.52. The molecule has 0 unspecified atom stereocenters. The number of carbonyl (C=O) groups excluding carboxylic acids is 1. The summed E-state index contributed by atoms with van der Waals surface area (Å²) in [4.78, 5) is 11.0. The van der Waals surface area contributed by atoms with Crippen LogP contribution >= 0.6 is 0 Å². The molecule has 0 atom stereocenters. The van der Waals surface area contributed by atoms with Crippen molar-refractivity contribution in [2.45, 2.75) is 58.0 Å². The van der Waals surface area contributed by atoms with Gasteiger partial charge in [0.2, 0.25) is 0 Å². The highest BCUT2D eigenvalue weighted by molar-refractivity contribution is 5.78. The summed E-state index contributed by atoms with van der Waals surface area (Å²) in [5.41, 5.74) is 0. The Morgan fingerprint density at radius 1 is 1.15 bits per heavy atom. The lowest BCUT2D eigenvalue weighted by Crippen LogP contribution is -2.18.